The Hall–Kier alpha value is -2.47. The average molecular weight is 451 g/mol. The van der Waals surface area contributed by atoms with Gasteiger partial charge in [-0.15, -0.1) is 0 Å². The van der Waals surface area contributed by atoms with E-state index in [0.29, 0.717) is 12.2 Å². The smallest absolute Gasteiger partial charge is 0.255 e. The number of carbonyl (C=O) groups is 1. The highest BCUT2D eigenvalue weighted by Crippen LogP contribution is 2.25. The van der Waals surface area contributed by atoms with Gasteiger partial charge in [-0.3, -0.25) is 9.69 Å². The van der Waals surface area contributed by atoms with Crippen molar-refractivity contribution in [1.29, 1.82) is 0 Å². The Morgan fingerprint density at radius 1 is 1.03 bits per heavy atom. The third-order valence-corrected chi connectivity index (χ3v) is 5.55. The van der Waals surface area contributed by atoms with Crippen LogP contribution in [0.2, 0.25) is 0 Å². The van der Waals surface area contributed by atoms with Gasteiger partial charge < -0.3 is 10.1 Å². The maximum absolute atomic E-state index is 12.6. The van der Waals surface area contributed by atoms with E-state index < -0.39 is 0 Å². The van der Waals surface area contributed by atoms with Crippen LogP contribution < -0.4 is 5.32 Å². The zero-order valence-electron chi connectivity index (χ0n) is 16.1. The molecule has 1 unspecified atom stereocenters. The van der Waals surface area contributed by atoms with Gasteiger partial charge in [0.25, 0.3) is 5.91 Å². The van der Waals surface area contributed by atoms with E-state index in [1.807, 2.05) is 60.7 Å². The molecule has 4 rings (SSSR count). The first-order valence-corrected chi connectivity index (χ1v) is 10.5. The predicted octanol–water partition coefficient (Wildman–Crippen LogP) is 5.27. The van der Waals surface area contributed by atoms with E-state index in [1.165, 1.54) is 5.56 Å². The van der Waals surface area contributed by atoms with E-state index in [-0.39, 0.29) is 12.0 Å². The van der Waals surface area contributed by atoms with Gasteiger partial charge in [-0.1, -0.05) is 58.4 Å². The lowest BCUT2D eigenvalue weighted by molar-refractivity contribution is -0.0329. The zero-order chi connectivity index (χ0) is 20.1. The van der Waals surface area contributed by atoms with E-state index in [9.17, 15) is 4.79 Å². The molecule has 0 aromatic heterocycles. The summed E-state index contributed by atoms with van der Waals surface area (Å²) in [5.74, 6) is -0.0900. The van der Waals surface area contributed by atoms with Gasteiger partial charge in [-0.05, 0) is 47.5 Å². The molecule has 5 heteroatoms. The molecule has 29 heavy (non-hydrogen) atoms. The summed E-state index contributed by atoms with van der Waals surface area (Å²) in [5, 5.41) is 2.95. The number of amides is 1. The SMILES string of the molecule is O=C(Nc1ccccc1)c1cccc(CN2CCOC(c3ccc(Br)cc3)C2)c1. The molecule has 1 aliphatic heterocycles. The van der Waals surface area contributed by atoms with Crippen molar-refractivity contribution in [2.24, 2.45) is 0 Å². The van der Waals surface area contributed by atoms with Gasteiger partial charge >= 0.3 is 0 Å². The first kappa shape index (κ1) is 19.8. The van der Waals surface area contributed by atoms with Crippen LogP contribution >= 0.6 is 15.9 Å². The van der Waals surface area contributed by atoms with Crippen molar-refractivity contribution in [1.82, 2.24) is 4.90 Å². The number of halogens is 1. The van der Waals surface area contributed by atoms with Crippen LogP contribution in [0.15, 0.2) is 83.3 Å². The summed E-state index contributed by atoms with van der Waals surface area (Å²) in [6.07, 6.45) is 0.0708. The van der Waals surface area contributed by atoms with Gasteiger partial charge in [0.1, 0.15) is 0 Å². The molecule has 1 amide bonds. The van der Waals surface area contributed by atoms with Crippen molar-refractivity contribution in [2.45, 2.75) is 12.6 Å². The topological polar surface area (TPSA) is 41.6 Å². The largest absolute Gasteiger partial charge is 0.371 e. The molecule has 0 radical (unpaired) electrons. The first-order valence-electron chi connectivity index (χ1n) is 9.72. The van der Waals surface area contributed by atoms with Crippen LogP contribution in [0, 0.1) is 0 Å². The maximum Gasteiger partial charge on any atom is 0.255 e. The molecule has 3 aromatic carbocycles. The number of para-hydroxylation sites is 1. The van der Waals surface area contributed by atoms with Crippen LogP contribution in [0.5, 0.6) is 0 Å². The number of ether oxygens (including phenoxy) is 1. The summed E-state index contributed by atoms with van der Waals surface area (Å²) in [6.45, 7) is 3.22. The molecule has 3 aromatic rings. The van der Waals surface area contributed by atoms with Crippen LogP contribution in [0.3, 0.4) is 0 Å². The molecule has 0 spiro atoms. The number of morpholine rings is 1. The second-order valence-corrected chi connectivity index (χ2v) is 8.08. The Bertz CT molecular complexity index is 960. The molecule has 1 aliphatic rings. The molecular weight excluding hydrogens is 428 g/mol. The Kier molecular flexibility index (Phi) is 6.39. The standard InChI is InChI=1S/C24H23BrN2O2/c25-21-11-9-19(10-12-21)23-17-27(13-14-29-23)16-18-5-4-6-20(15-18)24(28)26-22-7-2-1-3-8-22/h1-12,15,23H,13-14,16-17H2,(H,26,28). The molecule has 0 bridgehead atoms. The lowest BCUT2D eigenvalue weighted by Gasteiger charge is -2.33. The van der Waals surface area contributed by atoms with Crippen molar-refractivity contribution in [2.75, 3.05) is 25.0 Å². The number of rotatable bonds is 5. The monoisotopic (exact) mass is 450 g/mol. The Morgan fingerprint density at radius 2 is 1.83 bits per heavy atom. The van der Waals surface area contributed by atoms with Gasteiger partial charge in [0, 0.05) is 35.4 Å². The molecule has 1 fully saturated rings. The predicted molar refractivity (Wildman–Crippen MR) is 119 cm³/mol. The average Bonchev–Trinajstić information content (AvgIpc) is 2.75. The second-order valence-electron chi connectivity index (χ2n) is 7.17. The minimum Gasteiger partial charge on any atom is -0.371 e. The number of nitrogens with one attached hydrogen (secondary N) is 1. The molecule has 1 saturated heterocycles. The van der Waals surface area contributed by atoms with Crippen LogP contribution in [-0.2, 0) is 11.3 Å². The van der Waals surface area contributed by atoms with Gasteiger partial charge in [0.05, 0.1) is 12.7 Å². The van der Waals surface area contributed by atoms with Crippen molar-refractivity contribution >= 4 is 27.5 Å². The van der Waals surface area contributed by atoms with Crippen LogP contribution in [0.1, 0.15) is 27.6 Å². The highest BCUT2D eigenvalue weighted by molar-refractivity contribution is 9.10. The fourth-order valence-electron chi connectivity index (χ4n) is 3.52. The van der Waals surface area contributed by atoms with E-state index in [4.69, 9.17) is 4.74 Å². The quantitative estimate of drug-likeness (QED) is 0.575. The van der Waals surface area contributed by atoms with Crippen LogP contribution in [0.25, 0.3) is 0 Å². The van der Waals surface area contributed by atoms with Crippen molar-refractivity contribution in [3.8, 4) is 0 Å². The number of benzene rings is 3. The van der Waals surface area contributed by atoms with Crippen molar-refractivity contribution < 1.29 is 9.53 Å². The maximum atomic E-state index is 12.6. The lowest BCUT2D eigenvalue weighted by atomic mass is 10.1. The molecule has 4 nitrogen and oxygen atoms in total. The summed E-state index contributed by atoms with van der Waals surface area (Å²) < 4.78 is 7.05. The fourth-order valence-corrected chi connectivity index (χ4v) is 3.78. The zero-order valence-corrected chi connectivity index (χ0v) is 17.6. The Labute approximate surface area is 179 Å². The summed E-state index contributed by atoms with van der Waals surface area (Å²) >= 11 is 3.48. The summed E-state index contributed by atoms with van der Waals surface area (Å²) in [6, 6.07) is 25.7. The van der Waals surface area contributed by atoms with E-state index in [1.54, 1.807) is 0 Å². The lowest BCUT2D eigenvalue weighted by Crippen LogP contribution is -2.37. The molecule has 0 aliphatic carbocycles. The van der Waals surface area contributed by atoms with Crippen molar-refractivity contribution in [3.05, 3.63) is 100 Å². The summed E-state index contributed by atoms with van der Waals surface area (Å²) in [5.41, 5.74) is 3.79. The Balaban J connectivity index is 1.40. The normalized spacial score (nSPS) is 17.1. The minimum atomic E-state index is -0.0900. The number of hydrogen-bond acceptors (Lipinski definition) is 3. The minimum absolute atomic E-state index is 0.0708. The molecule has 148 valence electrons. The number of carbonyl (C=O) groups excluding carboxylic acids is 1. The first-order chi connectivity index (χ1) is 14.2. The summed E-state index contributed by atoms with van der Waals surface area (Å²) in [7, 11) is 0. The summed E-state index contributed by atoms with van der Waals surface area (Å²) in [4.78, 5) is 15.0. The van der Waals surface area contributed by atoms with E-state index >= 15 is 0 Å². The third-order valence-electron chi connectivity index (χ3n) is 5.02. The highest BCUT2D eigenvalue weighted by atomic mass is 79.9. The van der Waals surface area contributed by atoms with Gasteiger partial charge in [-0.25, -0.2) is 0 Å². The number of hydrogen-bond donors (Lipinski definition) is 1. The van der Waals surface area contributed by atoms with Crippen molar-refractivity contribution in [3.63, 3.8) is 0 Å². The molecule has 1 heterocycles. The molecule has 0 saturated carbocycles. The number of anilines is 1. The van der Waals surface area contributed by atoms with Crippen LogP contribution in [-0.4, -0.2) is 30.5 Å². The Morgan fingerprint density at radius 3 is 2.62 bits per heavy atom. The van der Waals surface area contributed by atoms with Gasteiger partial charge in [0.2, 0.25) is 0 Å². The molecule has 1 N–H and O–H groups in total. The molecule has 1 atom stereocenters. The van der Waals surface area contributed by atoms with E-state index in [2.05, 4.69) is 44.3 Å². The second kappa shape index (κ2) is 9.35. The number of nitrogens with zero attached hydrogens (tertiary/aromatic N) is 1. The van der Waals surface area contributed by atoms with Crippen LogP contribution in [0.4, 0.5) is 5.69 Å². The third kappa shape index (κ3) is 5.32. The van der Waals surface area contributed by atoms with E-state index in [0.717, 1.165) is 35.4 Å². The molecular formula is C24H23BrN2O2. The fraction of sp³-hybridized carbons (Fsp3) is 0.208. The van der Waals surface area contributed by atoms with Gasteiger partial charge in [0.15, 0.2) is 0 Å². The van der Waals surface area contributed by atoms with Gasteiger partial charge in [-0.2, -0.15) is 0 Å². The highest BCUT2D eigenvalue weighted by Gasteiger charge is 2.22.